The van der Waals surface area contributed by atoms with Crippen molar-refractivity contribution in [2.75, 3.05) is 4.90 Å². The Kier molecular flexibility index (Phi) is 4.79. The molecule has 0 aliphatic carbocycles. The van der Waals surface area contributed by atoms with Crippen molar-refractivity contribution in [2.24, 2.45) is 0 Å². The molecule has 0 spiro atoms. The van der Waals surface area contributed by atoms with Crippen molar-refractivity contribution in [3.63, 3.8) is 0 Å². The summed E-state index contributed by atoms with van der Waals surface area (Å²) in [6, 6.07) is 13.3. The van der Waals surface area contributed by atoms with Gasteiger partial charge in [-0.15, -0.1) is 0 Å². The lowest BCUT2D eigenvalue weighted by atomic mass is 10.2. The first-order chi connectivity index (χ1) is 11.5. The molecule has 1 amide bonds. The van der Waals surface area contributed by atoms with Gasteiger partial charge in [-0.1, -0.05) is 52.0 Å². The average Bonchev–Trinajstić information content (AvgIpc) is 2.83. The third kappa shape index (κ3) is 3.40. The van der Waals surface area contributed by atoms with E-state index in [-0.39, 0.29) is 11.6 Å². The number of anilines is 1. The number of carbonyl (C=O) groups excluding carboxylic acids is 1. The molecule has 24 heavy (non-hydrogen) atoms. The van der Waals surface area contributed by atoms with Gasteiger partial charge in [0.25, 0.3) is 11.6 Å². The van der Waals surface area contributed by atoms with Crippen LogP contribution >= 0.6 is 39.9 Å². The van der Waals surface area contributed by atoms with Gasteiger partial charge in [-0.25, -0.2) is 0 Å². The molecule has 2 aromatic carbocycles. The van der Waals surface area contributed by atoms with E-state index in [0.29, 0.717) is 14.9 Å². The maximum Gasteiger partial charge on any atom is 0.270 e. The van der Waals surface area contributed by atoms with Gasteiger partial charge in [-0.3, -0.25) is 19.8 Å². The van der Waals surface area contributed by atoms with Crippen LogP contribution in [0.3, 0.4) is 0 Å². The number of carbonyl (C=O) groups is 1. The lowest BCUT2D eigenvalue weighted by molar-refractivity contribution is -0.384. The largest absolute Gasteiger partial charge is 0.270 e. The summed E-state index contributed by atoms with van der Waals surface area (Å²) in [6.07, 6.45) is 1.77. The van der Waals surface area contributed by atoms with Crippen LogP contribution in [0, 0.1) is 10.1 Å². The van der Waals surface area contributed by atoms with E-state index in [4.69, 9.17) is 12.2 Å². The molecule has 1 saturated heterocycles. The first kappa shape index (κ1) is 16.8. The third-order valence-corrected chi connectivity index (χ3v) is 5.11. The molecule has 5 nitrogen and oxygen atoms in total. The zero-order chi connectivity index (χ0) is 17.3. The molecule has 0 radical (unpaired) electrons. The number of nitrogens with zero attached hydrogens (tertiary/aromatic N) is 2. The molecule has 120 valence electrons. The number of thioether (sulfide) groups is 1. The Morgan fingerprint density at radius 3 is 2.33 bits per heavy atom. The van der Waals surface area contributed by atoms with Crippen molar-refractivity contribution in [2.45, 2.75) is 0 Å². The molecular formula is C16H9BrN2O3S2. The standard InChI is InChI=1S/C16H9BrN2O3S2/c17-11-3-1-10(2-4-11)9-14-15(20)18(16(23)24-14)12-5-7-13(8-6-12)19(21)22/h1-9H/b14-9-. The second-order valence-corrected chi connectivity index (χ2v) is 7.43. The first-order valence-electron chi connectivity index (χ1n) is 6.74. The van der Waals surface area contributed by atoms with Crippen molar-refractivity contribution in [3.8, 4) is 0 Å². The van der Waals surface area contributed by atoms with Gasteiger partial charge in [0, 0.05) is 16.6 Å². The van der Waals surface area contributed by atoms with Gasteiger partial charge in [0.05, 0.1) is 15.5 Å². The minimum absolute atomic E-state index is 0.0328. The molecule has 1 aliphatic heterocycles. The minimum atomic E-state index is -0.485. The summed E-state index contributed by atoms with van der Waals surface area (Å²) in [6.45, 7) is 0. The predicted octanol–water partition coefficient (Wildman–Crippen LogP) is 4.76. The number of nitro benzene ring substituents is 1. The number of hydrogen-bond donors (Lipinski definition) is 0. The number of non-ortho nitro benzene ring substituents is 1. The van der Waals surface area contributed by atoms with Crippen LogP contribution in [0.25, 0.3) is 6.08 Å². The van der Waals surface area contributed by atoms with E-state index in [2.05, 4.69) is 15.9 Å². The number of thiocarbonyl (C=S) groups is 1. The maximum atomic E-state index is 12.6. The summed E-state index contributed by atoms with van der Waals surface area (Å²) in [5.41, 5.74) is 1.37. The normalized spacial score (nSPS) is 16.0. The van der Waals surface area contributed by atoms with Gasteiger partial charge in [0.2, 0.25) is 0 Å². The molecule has 0 unspecified atom stereocenters. The topological polar surface area (TPSA) is 63.5 Å². The van der Waals surface area contributed by atoms with Gasteiger partial charge >= 0.3 is 0 Å². The SMILES string of the molecule is O=C1/C(=C/c2ccc(Br)cc2)SC(=S)N1c1ccc([N+](=O)[O-])cc1. The summed E-state index contributed by atoms with van der Waals surface area (Å²) in [5, 5.41) is 10.7. The van der Waals surface area contributed by atoms with E-state index >= 15 is 0 Å². The Bertz CT molecular complexity index is 864. The highest BCUT2D eigenvalue weighted by molar-refractivity contribution is 9.10. The van der Waals surface area contributed by atoms with Gasteiger partial charge < -0.3 is 0 Å². The molecule has 0 saturated carbocycles. The average molecular weight is 421 g/mol. The van der Waals surface area contributed by atoms with Crippen LogP contribution in [0.4, 0.5) is 11.4 Å². The highest BCUT2D eigenvalue weighted by Crippen LogP contribution is 2.36. The quantitative estimate of drug-likeness (QED) is 0.309. The highest BCUT2D eigenvalue weighted by Gasteiger charge is 2.33. The number of nitro groups is 1. The summed E-state index contributed by atoms with van der Waals surface area (Å²) in [7, 11) is 0. The van der Waals surface area contributed by atoms with Crippen LogP contribution < -0.4 is 4.90 Å². The van der Waals surface area contributed by atoms with Gasteiger partial charge in [-0.05, 0) is 35.9 Å². The fourth-order valence-electron chi connectivity index (χ4n) is 2.12. The van der Waals surface area contributed by atoms with Crippen LogP contribution in [0.2, 0.25) is 0 Å². The van der Waals surface area contributed by atoms with E-state index < -0.39 is 4.92 Å². The predicted molar refractivity (Wildman–Crippen MR) is 103 cm³/mol. The molecule has 0 atom stereocenters. The number of amides is 1. The Labute approximate surface area is 155 Å². The van der Waals surface area contributed by atoms with Gasteiger partial charge in [0.1, 0.15) is 0 Å². The second-order valence-electron chi connectivity index (χ2n) is 4.84. The lowest BCUT2D eigenvalue weighted by Crippen LogP contribution is -2.27. The van der Waals surface area contributed by atoms with Crippen molar-refractivity contribution in [3.05, 3.63) is 73.6 Å². The smallest absolute Gasteiger partial charge is 0.268 e. The molecule has 1 aliphatic rings. The summed E-state index contributed by atoms with van der Waals surface area (Å²) in [5.74, 6) is -0.234. The maximum absolute atomic E-state index is 12.6. The molecule has 1 heterocycles. The van der Waals surface area contributed by atoms with E-state index in [1.54, 1.807) is 6.08 Å². The molecule has 3 rings (SSSR count). The Hall–Kier alpha value is -2.03. The van der Waals surface area contributed by atoms with E-state index in [1.807, 2.05) is 24.3 Å². The number of benzene rings is 2. The Morgan fingerprint density at radius 1 is 1.12 bits per heavy atom. The van der Waals surface area contributed by atoms with Crippen LogP contribution in [0.15, 0.2) is 57.9 Å². The molecule has 2 aromatic rings. The zero-order valence-corrected chi connectivity index (χ0v) is 15.2. The Morgan fingerprint density at radius 2 is 1.75 bits per heavy atom. The van der Waals surface area contributed by atoms with Crippen molar-refractivity contribution in [1.29, 1.82) is 0 Å². The zero-order valence-electron chi connectivity index (χ0n) is 12.0. The molecular weight excluding hydrogens is 412 g/mol. The first-order valence-corrected chi connectivity index (χ1v) is 8.75. The third-order valence-electron chi connectivity index (χ3n) is 3.28. The summed E-state index contributed by atoms with van der Waals surface area (Å²) < 4.78 is 1.36. The molecule has 0 bridgehead atoms. The number of hydrogen-bond acceptors (Lipinski definition) is 5. The van der Waals surface area contributed by atoms with E-state index in [9.17, 15) is 14.9 Å². The van der Waals surface area contributed by atoms with E-state index in [0.717, 1.165) is 10.0 Å². The minimum Gasteiger partial charge on any atom is -0.268 e. The molecule has 0 aromatic heterocycles. The fraction of sp³-hybridized carbons (Fsp3) is 0. The monoisotopic (exact) mass is 420 g/mol. The molecule has 0 N–H and O–H groups in total. The van der Waals surface area contributed by atoms with Crippen LogP contribution in [0.1, 0.15) is 5.56 Å². The van der Waals surface area contributed by atoms with Crippen LogP contribution in [-0.2, 0) is 4.79 Å². The summed E-state index contributed by atoms with van der Waals surface area (Å²) >= 11 is 9.86. The fourth-order valence-corrected chi connectivity index (χ4v) is 3.69. The lowest BCUT2D eigenvalue weighted by Gasteiger charge is -2.13. The van der Waals surface area contributed by atoms with Crippen LogP contribution in [-0.4, -0.2) is 15.2 Å². The highest BCUT2D eigenvalue weighted by atomic mass is 79.9. The summed E-state index contributed by atoms with van der Waals surface area (Å²) in [4.78, 5) is 24.7. The Balaban J connectivity index is 1.88. The number of halogens is 1. The molecule has 8 heteroatoms. The molecule has 1 fully saturated rings. The van der Waals surface area contributed by atoms with Crippen LogP contribution in [0.5, 0.6) is 0 Å². The van der Waals surface area contributed by atoms with Gasteiger partial charge in [-0.2, -0.15) is 0 Å². The van der Waals surface area contributed by atoms with Gasteiger partial charge in [0.15, 0.2) is 4.32 Å². The number of rotatable bonds is 3. The second kappa shape index (κ2) is 6.84. The van der Waals surface area contributed by atoms with Crippen molar-refractivity contribution in [1.82, 2.24) is 0 Å². The van der Waals surface area contributed by atoms with E-state index in [1.165, 1.54) is 40.9 Å². The van der Waals surface area contributed by atoms with Crippen molar-refractivity contribution >= 4 is 67.6 Å². The van der Waals surface area contributed by atoms with Crippen molar-refractivity contribution < 1.29 is 9.72 Å².